The van der Waals surface area contributed by atoms with Gasteiger partial charge in [-0.2, -0.15) is 8.78 Å². The number of benzene rings is 1. The van der Waals surface area contributed by atoms with Crippen LogP contribution in [0, 0.1) is 5.92 Å². The molecule has 1 aromatic rings. The van der Waals surface area contributed by atoms with Gasteiger partial charge in [-0.05, 0) is 50.4 Å². The molecule has 0 radical (unpaired) electrons. The van der Waals surface area contributed by atoms with Crippen LogP contribution in [0.4, 0.5) is 14.5 Å². The number of amides is 1. The van der Waals surface area contributed by atoms with Crippen LogP contribution >= 0.6 is 23.4 Å². The third-order valence-electron chi connectivity index (χ3n) is 3.69. The number of nitrogens with one attached hydrogen (secondary N) is 2. The van der Waals surface area contributed by atoms with Crippen LogP contribution in [0.1, 0.15) is 25.7 Å². The smallest absolute Gasteiger partial charge is 0.289 e. The van der Waals surface area contributed by atoms with Crippen LogP contribution < -0.4 is 10.6 Å². The maximum atomic E-state index is 12.6. The number of anilines is 1. The number of rotatable bonds is 6. The van der Waals surface area contributed by atoms with Gasteiger partial charge in [-0.1, -0.05) is 29.4 Å². The van der Waals surface area contributed by atoms with Crippen LogP contribution in [0.15, 0.2) is 23.1 Å². The van der Waals surface area contributed by atoms with Crippen molar-refractivity contribution in [1.29, 1.82) is 0 Å². The van der Waals surface area contributed by atoms with E-state index in [0.29, 0.717) is 29.8 Å². The quantitative estimate of drug-likeness (QED) is 0.750. The Kier molecular flexibility index (Phi) is 6.92. The van der Waals surface area contributed by atoms with Crippen molar-refractivity contribution < 1.29 is 13.6 Å². The van der Waals surface area contributed by atoms with E-state index in [-0.39, 0.29) is 15.8 Å². The third-order valence-corrected chi connectivity index (χ3v) is 4.97. The first kappa shape index (κ1) is 17.5. The Balaban J connectivity index is 1.91. The van der Waals surface area contributed by atoms with Gasteiger partial charge in [-0.25, -0.2) is 0 Å². The Morgan fingerprint density at radius 1 is 1.41 bits per heavy atom. The van der Waals surface area contributed by atoms with Crippen molar-refractivity contribution in [3.8, 4) is 0 Å². The van der Waals surface area contributed by atoms with Crippen LogP contribution in [0.2, 0.25) is 5.02 Å². The lowest BCUT2D eigenvalue weighted by molar-refractivity contribution is -0.116. The molecule has 1 aliphatic rings. The van der Waals surface area contributed by atoms with E-state index in [1.54, 1.807) is 12.1 Å². The fourth-order valence-corrected chi connectivity index (χ4v) is 3.45. The summed E-state index contributed by atoms with van der Waals surface area (Å²) in [4.78, 5) is 12.3. The van der Waals surface area contributed by atoms with Crippen LogP contribution in [0.3, 0.4) is 0 Å². The Morgan fingerprint density at radius 3 is 2.82 bits per heavy atom. The first-order valence-electron chi connectivity index (χ1n) is 7.30. The maximum Gasteiger partial charge on any atom is 0.289 e. The topological polar surface area (TPSA) is 41.1 Å². The predicted octanol–water partition coefficient (Wildman–Crippen LogP) is 4.37. The first-order valence-corrected chi connectivity index (χ1v) is 8.56. The summed E-state index contributed by atoms with van der Waals surface area (Å²) in [7, 11) is 0. The normalized spacial score (nSPS) is 16.0. The lowest BCUT2D eigenvalue weighted by Crippen LogP contribution is -2.28. The number of halogens is 3. The molecule has 3 nitrogen and oxygen atoms in total. The number of hydrogen-bond donors (Lipinski definition) is 2. The van der Waals surface area contributed by atoms with E-state index in [0.717, 1.165) is 32.4 Å². The van der Waals surface area contributed by atoms with Crippen LogP contribution in [0.5, 0.6) is 0 Å². The van der Waals surface area contributed by atoms with Gasteiger partial charge in [-0.3, -0.25) is 4.79 Å². The average molecular weight is 349 g/mol. The van der Waals surface area contributed by atoms with Gasteiger partial charge in [0.2, 0.25) is 5.91 Å². The Morgan fingerprint density at radius 2 is 2.14 bits per heavy atom. The minimum absolute atomic E-state index is 0.156. The number of alkyl halides is 2. The minimum atomic E-state index is -2.58. The lowest BCUT2D eigenvalue weighted by Gasteiger charge is -2.22. The zero-order chi connectivity index (χ0) is 15.9. The molecule has 0 saturated carbocycles. The predicted molar refractivity (Wildman–Crippen MR) is 86.8 cm³/mol. The SMILES string of the molecule is O=C(CCC1CCNCC1)Nc1cccc(Cl)c1SC(F)F. The molecule has 2 rings (SSSR count). The molecule has 2 N–H and O–H groups in total. The van der Waals surface area contributed by atoms with Gasteiger partial charge < -0.3 is 10.6 Å². The summed E-state index contributed by atoms with van der Waals surface area (Å²) in [6.07, 6.45) is 3.38. The third kappa shape index (κ3) is 5.41. The molecule has 0 unspecified atom stereocenters. The lowest BCUT2D eigenvalue weighted by atomic mass is 9.93. The molecule has 1 saturated heterocycles. The fourth-order valence-electron chi connectivity index (χ4n) is 2.53. The van der Waals surface area contributed by atoms with Crippen molar-refractivity contribution in [2.45, 2.75) is 36.3 Å². The molecule has 22 heavy (non-hydrogen) atoms. The van der Waals surface area contributed by atoms with E-state index >= 15 is 0 Å². The number of hydrogen-bond acceptors (Lipinski definition) is 3. The molecule has 1 heterocycles. The summed E-state index contributed by atoms with van der Waals surface area (Å²) in [6, 6.07) is 4.77. The minimum Gasteiger partial charge on any atom is -0.325 e. The van der Waals surface area contributed by atoms with Crippen molar-refractivity contribution >= 4 is 35.0 Å². The van der Waals surface area contributed by atoms with E-state index in [2.05, 4.69) is 10.6 Å². The van der Waals surface area contributed by atoms with E-state index in [9.17, 15) is 13.6 Å². The van der Waals surface area contributed by atoms with Crippen molar-refractivity contribution in [1.82, 2.24) is 5.32 Å². The molecule has 122 valence electrons. The molecular formula is C15H19ClF2N2OS. The van der Waals surface area contributed by atoms with E-state index in [1.165, 1.54) is 6.07 Å². The van der Waals surface area contributed by atoms with Crippen LogP contribution in [0.25, 0.3) is 0 Å². The second-order valence-electron chi connectivity index (χ2n) is 5.28. The highest BCUT2D eigenvalue weighted by atomic mass is 35.5. The standard InChI is InChI=1S/C15H19ClF2N2OS/c16-11-2-1-3-12(14(11)22-15(17)18)20-13(21)5-4-10-6-8-19-9-7-10/h1-3,10,15,19H,4-9H2,(H,20,21). The van der Waals surface area contributed by atoms with Gasteiger partial charge in [0.1, 0.15) is 0 Å². The summed E-state index contributed by atoms with van der Waals surface area (Å²) in [5.41, 5.74) is 0.355. The summed E-state index contributed by atoms with van der Waals surface area (Å²) in [5.74, 6) is -2.18. The summed E-state index contributed by atoms with van der Waals surface area (Å²) >= 11 is 6.29. The number of carbonyl (C=O) groups excluding carboxylic acids is 1. The molecule has 1 aliphatic heterocycles. The highest BCUT2D eigenvalue weighted by molar-refractivity contribution is 7.99. The molecule has 0 spiro atoms. The molecule has 1 aromatic carbocycles. The molecule has 0 aliphatic carbocycles. The zero-order valence-electron chi connectivity index (χ0n) is 12.1. The number of thioether (sulfide) groups is 1. The highest BCUT2D eigenvalue weighted by Gasteiger charge is 2.17. The van der Waals surface area contributed by atoms with Crippen LogP contribution in [-0.4, -0.2) is 24.8 Å². The first-order chi connectivity index (χ1) is 10.6. The van der Waals surface area contributed by atoms with Gasteiger partial charge in [0.25, 0.3) is 5.76 Å². The van der Waals surface area contributed by atoms with Gasteiger partial charge in [-0.15, -0.1) is 0 Å². The number of piperidine rings is 1. The molecular weight excluding hydrogens is 330 g/mol. The Labute approximate surface area is 138 Å². The van der Waals surface area contributed by atoms with E-state index in [4.69, 9.17) is 11.6 Å². The average Bonchev–Trinajstić information content (AvgIpc) is 2.49. The second kappa shape index (κ2) is 8.70. The monoisotopic (exact) mass is 348 g/mol. The van der Waals surface area contributed by atoms with E-state index < -0.39 is 5.76 Å². The van der Waals surface area contributed by atoms with Crippen molar-refractivity contribution in [3.05, 3.63) is 23.2 Å². The number of carbonyl (C=O) groups is 1. The summed E-state index contributed by atoms with van der Waals surface area (Å²) in [5, 5.41) is 6.21. The molecule has 7 heteroatoms. The summed E-state index contributed by atoms with van der Waals surface area (Å²) < 4.78 is 25.2. The second-order valence-corrected chi connectivity index (χ2v) is 6.68. The van der Waals surface area contributed by atoms with E-state index in [1.807, 2.05) is 0 Å². The Hall–Kier alpha value is -0.850. The molecule has 0 bridgehead atoms. The fraction of sp³-hybridized carbons (Fsp3) is 0.533. The van der Waals surface area contributed by atoms with Crippen molar-refractivity contribution in [2.24, 2.45) is 5.92 Å². The highest BCUT2D eigenvalue weighted by Crippen LogP contribution is 2.37. The molecule has 0 atom stereocenters. The van der Waals surface area contributed by atoms with Crippen LogP contribution in [-0.2, 0) is 4.79 Å². The summed E-state index contributed by atoms with van der Waals surface area (Å²) in [6.45, 7) is 1.99. The molecule has 1 amide bonds. The van der Waals surface area contributed by atoms with Gasteiger partial charge in [0.15, 0.2) is 0 Å². The molecule has 0 aromatic heterocycles. The van der Waals surface area contributed by atoms with Gasteiger partial charge in [0, 0.05) is 6.42 Å². The van der Waals surface area contributed by atoms with Gasteiger partial charge in [0.05, 0.1) is 15.6 Å². The van der Waals surface area contributed by atoms with Crippen molar-refractivity contribution in [3.63, 3.8) is 0 Å². The van der Waals surface area contributed by atoms with Crippen molar-refractivity contribution in [2.75, 3.05) is 18.4 Å². The molecule has 1 fully saturated rings. The Bertz CT molecular complexity index is 510. The largest absolute Gasteiger partial charge is 0.325 e. The zero-order valence-corrected chi connectivity index (χ0v) is 13.7. The van der Waals surface area contributed by atoms with Gasteiger partial charge >= 0.3 is 0 Å². The maximum absolute atomic E-state index is 12.6.